The van der Waals surface area contributed by atoms with Crippen molar-refractivity contribution in [2.75, 3.05) is 38.0 Å². The molecule has 1 aromatic rings. The fourth-order valence-electron chi connectivity index (χ4n) is 2.04. The van der Waals surface area contributed by atoms with Crippen molar-refractivity contribution in [2.24, 2.45) is 0 Å². The first kappa shape index (κ1) is 15.0. The molecule has 1 aliphatic heterocycles. The molecule has 1 fully saturated rings. The Morgan fingerprint density at radius 2 is 2.26 bits per heavy atom. The summed E-state index contributed by atoms with van der Waals surface area (Å²) in [6.45, 7) is 4.26. The molecule has 0 unspecified atom stereocenters. The molecule has 1 aromatic carbocycles. The second-order valence-corrected chi connectivity index (χ2v) is 6.20. The summed E-state index contributed by atoms with van der Waals surface area (Å²) in [4.78, 5) is 14.2. The van der Waals surface area contributed by atoms with Crippen LogP contribution in [0.4, 0.5) is 5.69 Å². The Morgan fingerprint density at radius 1 is 1.42 bits per heavy atom. The highest BCUT2D eigenvalue weighted by Gasteiger charge is 2.13. The van der Waals surface area contributed by atoms with Crippen LogP contribution in [0.5, 0.6) is 0 Å². The fraction of sp³-hybridized carbons (Fsp3) is 0.462. The van der Waals surface area contributed by atoms with Crippen molar-refractivity contribution in [3.05, 3.63) is 26.8 Å². The molecule has 1 heterocycles. The third-order valence-corrected chi connectivity index (χ3v) is 3.99. The average Bonchev–Trinajstić information content (AvgIpc) is 2.61. The first-order valence-corrected chi connectivity index (χ1v) is 7.79. The van der Waals surface area contributed by atoms with Gasteiger partial charge in [0.05, 0.1) is 17.3 Å². The average molecular weight is 394 g/mol. The summed E-state index contributed by atoms with van der Waals surface area (Å²) in [5.74, 6) is -0.00925. The van der Waals surface area contributed by atoms with Crippen LogP contribution in [0.1, 0.15) is 6.42 Å². The normalized spacial score (nSPS) is 16.9. The molecule has 1 amide bonds. The molecule has 1 saturated heterocycles. The van der Waals surface area contributed by atoms with E-state index in [1.54, 1.807) is 0 Å². The molecule has 0 aliphatic carbocycles. The van der Waals surface area contributed by atoms with Crippen LogP contribution in [0.25, 0.3) is 0 Å². The lowest BCUT2D eigenvalue weighted by Crippen LogP contribution is -2.35. The molecule has 0 aromatic heterocycles. The lowest BCUT2D eigenvalue weighted by Gasteiger charge is -2.18. The molecule has 2 N–H and O–H groups in total. The zero-order valence-corrected chi connectivity index (χ0v) is 13.5. The summed E-state index contributed by atoms with van der Waals surface area (Å²) >= 11 is 8.29. The molecule has 0 radical (unpaired) electrons. The Kier molecular flexibility index (Phi) is 5.87. The van der Waals surface area contributed by atoms with Gasteiger partial charge in [-0.1, -0.05) is 11.6 Å². The monoisotopic (exact) mass is 393 g/mol. The van der Waals surface area contributed by atoms with Gasteiger partial charge in [-0.15, -0.1) is 0 Å². The van der Waals surface area contributed by atoms with E-state index in [0.29, 0.717) is 17.3 Å². The number of hydrogen-bond donors (Lipinski definition) is 2. The highest BCUT2D eigenvalue weighted by Crippen LogP contribution is 2.23. The second kappa shape index (κ2) is 7.42. The summed E-state index contributed by atoms with van der Waals surface area (Å²) in [5, 5.41) is 6.77. The van der Waals surface area contributed by atoms with Gasteiger partial charge in [-0.25, -0.2) is 0 Å². The number of nitrogens with zero attached hydrogens (tertiary/aromatic N) is 1. The summed E-state index contributed by atoms with van der Waals surface area (Å²) in [6.07, 6.45) is 1.08. The largest absolute Gasteiger partial charge is 0.324 e. The van der Waals surface area contributed by atoms with Crippen LogP contribution in [-0.2, 0) is 4.79 Å². The number of amides is 1. The van der Waals surface area contributed by atoms with E-state index >= 15 is 0 Å². The van der Waals surface area contributed by atoms with Gasteiger partial charge in [0.2, 0.25) is 5.91 Å². The number of benzene rings is 1. The minimum atomic E-state index is -0.00925. The number of anilines is 1. The van der Waals surface area contributed by atoms with Crippen molar-refractivity contribution in [1.82, 2.24) is 10.2 Å². The van der Waals surface area contributed by atoms with Crippen LogP contribution in [0.15, 0.2) is 18.2 Å². The summed E-state index contributed by atoms with van der Waals surface area (Å²) in [6, 6.07) is 5.61. The number of halogens is 2. The van der Waals surface area contributed by atoms with Gasteiger partial charge in [0.1, 0.15) is 0 Å². The standard InChI is InChI=1S/C13H17ClIN3O/c14-11-8-10(15)2-3-12(11)17-13(19)9-18-6-1-4-16-5-7-18/h2-3,8,16H,1,4-7,9H2,(H,17,19). The molecular weight excluding hydrogens is 377 g/mol. The van der Waals surface area contributed by atoms with E-state index in [2.05, 4.69) is 38.1 Å². The molecular formula is C13H17ClIN3O. The number of rotatable bonds is 3. The maximum atomic E-state index is 12.0. The van der Waals surface area contributed by atoms with Gasteiger partial charge in [-0.05, 0) is 60.3 Å². The summed E-state index contributed by atoms with van der Waals surface area (Å²) in [7, 11) is 0. The molecule has 0 saturated carbocycles. The van der Waals surface area contributed by atoms with E-state index in [0.717, 1.165) is 36.2 Å². The molecule has 6 heteroatoms. The van der Waals surface area contributed by atoms with Gasteiger partial charge in [-0.3, -0.25) is 9.69 Å². The van der Waals surface area contributed by atoms with Crippen molar-refractivity contribution in [2.45, 2.75) is 6.42 Å². The number of carbonyl (C=O) groups is 1. The van der Waals surface area contributed by atoms with Crippen LogP contribution in [0.3, 0.4) is 0 Å². The smallest absolute Gasteiger partial charge is 0.238 e. The number of carbonyl (C=O) groups excluding carboxylic acids is 1. The predicted molar refractivity (Wildman–Crippen MR) is 86.7 cm³/mol. The van der Waals surface area contributed by atoms with Crippen molar-refractivity contribution < 1.29 is 4.79 Å². The molecule has 0 atom stereocenters. The minimum absolute atomic E-state index is 0.00925. The van der Waals surface area contributed by atoms with Crippen LogP contribution in [0.2, 0.25) is 5.02 Å². The zero-order valence-electron chi connectivity index (χ0n) is 10.6. The molecule has 104 valence electrons. The maximum Gasteiger partial charge on any atom is 0.238 e. The first-order chi connectivity index (χ1) is 9.15. The Morgan fingerprint density at radius 3 is 3.05 bits per heavy atom. The summed E-state index contributed by atoms with van der Waals surface area (Å²) < 4.78 is 1.05. The van der Waals surface area contributed by atoms with Gasteiger partial charge < -0.3 is 10.6 Å². The van der Waals surface area contributed by atoms with Crippen LogP contribution in [-0.4, -0.2) is 43.5 Å². The van der Waals surface area contributed by atoms with Crippen LogP contribution < -0.4 is 10.6 Å². The molecule has 0 bridgehead atoms. The van der Waals surface area contributed by atoms with Crippen molar-refractivity contribution in [1.29, 1.82) is 0 Å². The Bertz CT molecular complexity index is 448. The topological polar surface area (TPSA) is 44.4 Å². The molecule has 1 aliphatic rings. The molecule has 2 rings (SSSR count). The summed E-state index contributed by atoms with van der Waals surface area (Å²) in [5.41, 5.74) is 0.681. The number of hydrogen-bond acceptors (Lipinski definition) is 3. The Balaban J connectivity index is 1.89. The first-order valence-electron chi connectivity index (χ1n) is 6.33. The SMILES string of the molecule is O=C(CN1CCCNCC1)Nc1ccc(I)cc1Cl. The van der Waals surface area contributed by atoms with Crippen molar-refractivity contribution >= 4 is 45.8 Å². The predicted octanol–water partition coefficient (Wildman–Crippen LogP) is 2.18. The van der Waals surface area contributed by atoms with Gasteiger partial charge in [-0.2, -0.15) is 0 Å². The molecule has 0 spiro atoms. The molecule has 19 heavy (non-hydrogen) atoms. The number of nitrogens with one attached hydrogen (secondary N) is 2. The van der Waals surface area contributed by atoms with E-state index in [1.807, 2.05) is 18.2 Å². The molecule has 4 nitrogen and oxygen atoms in total. The minimum Gasteiger partial charge on any atom is -0.324 e. The van der Waals surface area contributed by atoms with Crippen LogP contribution in [0, 0.1) is 3.57 Å². The Labute approximate surface area is 132 Å². The Hall–Kier alpha value is -0.370. The van der Waals surface area contributed by atoms with Crippen molar-refractivity contribution in [3.63, 3.8) is 0 Å². The highest BCUT2D eigenvalue weighted by molar-refractivity contribution is 14.1. The van der Waals surface area contributed by atoms with Crippen LogP contribution >= 0.6 is 34.2 Å². The van der Waals surface area contributed by atoms with E-state index in [-0.39, 0.29) is 5.91 Å². The van der Waals surface area contributed by atoms with Gasteiger partial charge in [0, 0.05) is 16.7 Å². The lowest BCUT2D eigenvalue weighted by atomic mass is 10.3. The van der Waals surface area contributed by atoms with Crippen molar-refractivity contribution in [3.8, 4) is 0 Å². The van der Waals surface area contributed by atoms with Gasteiger partial charge in [0.15, 0.2) is 0 Å². The van der Waals surface area contributed by atoms with E-state index in [1.165, 1.54) is 0 Å². The fourth-order valence-corrected chi connectivity index (χ4v) is 2.95. The van der Waals surface area contributed by atoms with E-state index < -0.39 is 0 Å². The highest BCUT2D eigenvalue weighted by atomic mass is 127. The third-order valence-electron chi connectivity index (χ3n) is 3.01. The lowest BCUT2D eigenvalue weighted by molar-refractivity contribution is -0.117. The maximum absolute atomic E-state index is 12.0. The van der Waals surface area contributed by atoms with E-state index in [4.69, 9.17) is 11.6 Å². The van der Waals surface area contributed by atoms with E-state index in [9.17, 15) is 4.79 Å². The quantitative estimate of drug-likeness (QED) is 0.774. The zero-order chi connectivity index (χ0) is 13.7. The van der Waals surface area contributed by atoms with Gasteiger partial charge >= 0.3 is 0 Å². The van der Waals surface area contributed by atoms with Gasteiger partial charge in [0.25, 0.3) is 0 Å². The third kappa shape index (κ3) is 4.91. The second-order valence-electron chi connectivity index (χ2n) is 4.55.